The molecule has 0 spiro atoms. The summed E-state index contributed by atoms with van der Waals surface area (Å²) in [6.45, 7) is 7.53. The molecule has 210 valence electrons. The van der Waals surface area contributed by atoms with Gasteiger partial charge in [-0.05, 0) is 59.7 Å². The van der Waals surface area contributed by atoms with Crippen LogP contribution in [0.1, 0.15) is 51.9 Å². The third-order valence-electron chi connectivity index (χ3n) is 8.04. The van der Waals surface area contributed by atoms with Crippen molar-refractivity contribution in [1.82, 2.24) is 0 Å². The molecule has 8 N–H and O–H groups in total. The standard InChI is InChI=1S/C24H36O13/c1-20(2)21(3,31)22(4,32)23(5,33)24(6,37-20)34-10-14-15(26)16(27)17(28)19(36-14)35-13-8-7-11(18(29)30)9-12(13)25/h7-9,14-17,19,25-28,31-33H,10H2,1-6H3,(H,29,30)/t14-,15+,16-,17+,19-,21+,22-,23-,24-/m0/s1. The molecule has 37 heavy (non-hydrogen) atoms. The van der Waals surface area contributed by atoms with E-state index in [0.717, 1.165) is 18.2 Å². The van der Waals surface area contributed by atoms with E-state index in [0.29, 0.717) is 0 Å². The van der Waals surface area contributed by atoms with Crippen molar-refractivity contribution in [2.45, 2.75) is 100 Å². The third kappa shape index (κ3) is 4.58. The van der Waals surface area contributed by atoms with Crippen LogP contribution in [-0.2, 0) is 14.2 Å². The van der Waals surface area contributed by atoms with Crippen LogP contribution >= 0.6 is 0 Å². The molecule has 9 atom stereocenters. The van der Waals surface area contributed by atoms with Gasteiger partial charge in [-0.1, -0.05) is 0 Å². The van der Waals surface area contributed by atoms with Crippen LogP contribution in [0.2, 0.25) is 0 Å². The van der Waals surface area contributed by atoms with Crippen LogP contribution in [0.15, 0.2) is 18.2 Å². The van der Waals surface area contributed by atoms with Gasteiger partial charge >= 0.3 is 5.97 Å². The molecule has 1 aromatic rings. The van der Waals surface area contributed by atoms with Crippen molar-refractivity contribution in [2.24, 2.45) is 0 Å². The molecule has 2 saturated heterocycles. The molecule has 0 bridgehead atoms. The molecule has 0 aliphatic carbocycles. The zero-order valence-corrected chi connectivity index (χ0v) is 21.4. The van der Waals surface area contributed by atoms with Crippen LogP contribution in [0, 0.1) is 0 Å². The first-order valence-electron chi connectivity index (χ1n) is 11.6. The molecule has 0 aromatic heterocycles. The zero-order chi connectivity index (χ0) is 28.4. The quantitative estimate of drug-likeness (QED) is 0.222. The minimum Gasteiger partial charge on any atom is -0.504 e. The highest BCUT2D eigenvalue weighted by Gasteiger charge is 2.73. The van der Waals surface area contributed by atoms with Crippen molar-refractivity contribution in [1.29, 1.82) is 0 Å². The summed E-state index contributed by atoms with van der Waals surface area (Å²) >= 11 is 0. The molecule has 1 aromatic carbocycles. The van der Waals surface area contributed by atoms with Gasteiger partial charge in [-0.25, -0.2) is 4.79 Å². The van der Waals surface area contributed by atoms with Crippen molar-refractivity contribution >= 4 is 5.97 Å². The van der Waals surface area contributed by atoms with Gasteiger partial charge in [0.25, 0.3) is 0 Å². The molecule has 3 rings (SSSR count). The van der Waals surface area contributed by atoms with Crippen molar-refractivity contribution in [3.05, 3.63) is 23.8 Å². The molecule has 2 aliphatic heterocycles. The normalized spacial score (nSPS) is 43.8. The average molecular weight is 533 g/mol. The van der Waals surface area contributed by atoms with Gasteiger partial charge in [0, 0.05) is 0 Å². The number of rotatable bonds is 6. The predicted octanol–water partition coefficient (Wildman–Crippen LogP) is -0.929. The van der Waals surface area contributed by atoms with E-state index < -0.39 is 77.2 Å². The number of aliphatic hydroxyl groups excluding tert-OH is 3. The van der Waals surface area contributed by atoms with Gasteiger partial charge < -0.3 is 59.8 Å². The first kappa shape index (κ1) is 29.5. The lowest BCUT2D eigenvalue weighted by molar-refractivity contribution is -0.455. The molecule has 13 heteroatoms. The van der Waals surface area contributed by atoms with Crippen LogP contribution in [0.25, 0.3) is 0 Å². The van der Waals surface area contributed by atoms with Gasteiger partial charge in [-0.3, -0.25) is 0 Å². The van der Waals surface area contributed by atoms with Gasteiger partial charge in [0.15, 0.2) is 17.3 Å². The average Bonchev–Trinajstić information content (AvgIpc) is 2.78. The Hall–Kier alpha value is -2.07. The first-order valence-corrected chi connectivity index (χ1v) is 11.6. The Morgan fingerprint density at radius 1 is 0.919 bits per heavy atom. The number of ether oxygens (including phenoxy) is 4. The van der Waals surface area contributed by atoms with E-state index in [4.69, 9.17) is 24.1 Å². The third-order valence-corrected chi connectivity index (χ3v) is 8.04. The van der Waals surface area contributed by atoms with E-state index in [9.17, 15) is 40.5 Å². The number of benzene rings is 1. The predicted molar refractivity (Wildman–Crippen MR) is 124 cm³/mol. The Kier molecular flexibility index (Phi) is 7.40. The number of carboxylic acids is 1. The maximum atomic E-state index is 11.3. The molecule has 0 amide bonds. The van der Waals surface area contributed by atoms with Gasteiger partial charge in [-0.15, -0.1) is 0 Å². The molecule has 0 unspecified atom stereocenters. The maximum Gasteiger partial charge on any atom is 0.335 e. The fraction of sp³-hybridized carbons (Fsp3) is 0.708. The monoisotopic (exact) mass is 532 g/mol. The van der Waals surface area contributed by atoms with Crippen molar-refractivity contribution in [3.8, 4) is 11.5 Å². The van der Waals surface area contributed by atoms with E-state index in [-0.39, 0.29) is 11.3 Å². The number of carboxylic acid groups (broad SMARTS) is 1. The topological polar surface area (TPSA) is 216 Å². The number of hydrogen-bond donors (Lipinski definition) is 8. The summed E-state index contributed by atoms with van der Waals surface area (Å²) in [6, 6.07) is 3.19. The van der Waals surface area contributed by atoms with Crippen LogP contribution in [0.4, 0.5) is 0 Å². The number of phenols is 1. The molecule has 0 radical (unpaired) electrons. The molecule has 2 fully saturated rings. The van der Waals surface area contributed by atoms with Gasteiger partial charge in [0.2, 0.25) is 6.29 Å². The first-order chi connectivity index (χ1) is 16.7. The van der Waals surface area contributed by atoms with Crippen molar-refractivity contribution in [3.63, 3.8) is 0 Å². The SMILES string of the molecule is CC1(C)O[C@](C)(OC[C@@H]2O[C@H](Oc3ccc(C(=O)O)cc3O)[C@H](O)[C@@H](O)[C@@H]2O)[C@@](C)(O)[C@@](C)(O)[C@]1(C)O. The highest BCUT2D eigenvalue weighted by atomic mass is 16.7. The van der Waals surface area contributed by atoms with E-state index in [1.807, 2.05) is 0 Å². The largest absolute Gasteiger partial charge is 0.504 e. The van der Waals surface area contributed by atoms with E-state index in [1.165, 1.54) is 41.5 Å². The second-order valence-electron chi connectivity index (χ2n) is 10.7. The second-order valence-corrected chi connectivity index (χ2v) is 10.7. The van der Waals surface area contributed by atoms with Crippen LogP contribution in [0.5, 0.6) is 11.5 Å². The van der Waals surface area contributed by atoms with E-state index >= 15 is 0 Å². The minimum atomic E-state index is -2.20. The summed E-state index contributed by atoms with van der Waals surface area (Å²) in [7, 11) is 0. The zero-order valence-electron chi connectivity index (χ0n) is 21.4. The van der Waals surface area contributed by atoms with Crippen molar-refractivity contribution in [2.75, 3.05) is 6.61 Å². The van der Waals surface area contributed by atoms with Crippen LogP contribution in [-0.4, -0.2) is 112 Å². The number of phenolic OH excluding ortho intramolecular Hbond substituents is 1. The van der Waals surface area contributed by atoms with Gasteiger partial charge in [0.1, 0.15) is 41.2 Å². The summed E-state index contributed by atoms with van der Waals surface area (Å²) in [6.07, 6.45) is -8.24. The number of aromatic carboxylic acids is 1. The number of aliphatic hydroxyl groups is 6. The fourth-order valence-electron chi connectivity index (χ4n) is 4.63. The second kappa shape index (κ2) is 9.29. The summed E-state index contributed by atoms with van der Waals surface area (Å²) in [5.41, 5.74) is -7.93. The van der Waals surface area contributed by atoms with Crippen LogP contribution < -0.4 is 4.74 Å². The maximum absolute atomic E-state index is 11.3. The lowest BCUT2D eigenvalue weighted by Gasteiger charge is -2.64. The van der Waals surface area contributed by atoms with Crippen LogP contribution in [0.3, 0.4) is 0 Å². The Morgan fingerprint density at radius 3 is 2.05 bits per heavy atom. The Bertz CT molecular complexity index is 1020. The Balaban J connectivity index is 1.82. The highest BCUT2D eigenvalue weighted by molar-refractivity contribution is 5.88. The fourth-order valence-corrected chi connectivity index (χ4v) is 4.63. The molecular weight excluding hydrogens is 496 g/mol. The molecule has 2 aliphatic rings. The van der Waals surface area contributed by atoms with E-state index in [2.05, 4.69) is 0 Å². The highest BCUT2D eigenvalue weighted by Crippen LogP contribution is 2.53. The summed E-state index contributed by atoms with van der Waals surface area (Å²) in [5, 5.41) is 83.8. The summed E-state index contributed by atoms with van der Waals surface area (Å²) in [5.74, 6) is -4.08. The molecule has 0 saturated carbocycles. The number of carbonyl (C=O) groups is 1. The van der Waals surface area contributed by atoms with Gasteiger partial charge in [0.05, 0.1) is 17.8 Å². The van der Waals surface area contributed by atoms with E-state index in [1.54, 1.807) is 0 Å². The van der Waals surface area contributed by atoms with Gasteiger partial charge in [-0.2, -0.15) is 0 Å². The lowest BCUT2D eigenvalue weighted by atomic mass is 9.61. The summed E-state index contributed by atoms with van der Waals surface area (Å²) < 4.78 is 22.8. The number of aromatic hydroxyl groups is 1. The minimum absolute atomic E-state index is 0.220. The molecule has 13 nitrogen and oxygen atoms in total. The molecule has 2 heterocycles. The Morgan fingerprint density at radius 2 is 1.51 bits per heavy atom. The number of hydrogen-bond acceptors (Lipinski definition) is 12. The van der Waals surface area contributed by atoms with Crippen molar-refractivity contribution < 1.29 is 64.6 Å². The smallest absolute Gasteiger partial charge is 0.335 e. The lowest BCUT2D eigenvalue weighted by Crippen LogP contribution is -2.83. The Labute approximate surface area is 213 Å². The summed E-state index contributed by atoms with van der Waals surface area (Å²) in [4.78, 5) is 11.1. The molecular formula is C24H36O13.